The lowest BCUT2D eigenvalue weighted by Crippen LogP contribution is -2.29. The van der Waals surface area contributed by atoms with Crippen molar-refractivity contribution in [2.24, 2.45) is 0 Å². The van der Waals surface area contributed by atoms with Gasteiger partial charge in [0.1, 0.15) is 0 Å². The van der Waals surface area contributed by atoms with Gasteiger partial charge in [0.15, 0.2) is 5.75 Å². The Labute approximate surface area is 163 Å². The van der Waals surface area contributed by atoms with Crippen LogP contribution in [0.15, 0.2) is 30.3 Å². The molecule has 0 atom stereocenters. The van der Waals surface area contributed by atoms with E-state index in [4.69, 9.17) is 39.5 Å². The monoisotopic (exact) mass is 398 g/mol. The van der Waals surface area contributed by atoms with Crippen molar-refractivity contribution >= 4 is 46.2 Å². The molecule has 0 amide bonds. The highest BCUT2D eigenvalue weighted by Gasteiger charge is 2.14. The lowest BCUT2D eigenvalue weighted by atomic mass is 10.1. The third-order valence-corrected chi connectivity index (χ3v) is 5.27. The Morgan fingerprint density at radius 3 is 2.24 bits per heavy atom. The quantitative estimate of drug-likeness (QED) is 0.642. The van der Waals surface area contributed by atoms with Crippen LogP contribution in [0.25, 0.3) is 0 Å². The van der Waals surface area contributed by atoms with Gasteiger partial charge in [-0.2, -0.15) is 0 Å². The van der Waals surface area contributed by atoms with Crippen LogP contribution >= 0.6 is 34.8 Å². The SMILES string of the molecule is COc1c(Cl)cc(CNc2ccc(N3CCCCC3)c(Cl)c2)cc1Cl. The van der Waals surface area contributed by atoms with Crippen LogP contribution in [0.2, 0.25) is 15.1 Å². The Morgan fingerprint density at radius 2 is 1.64 bits per heavy atom. The highest BCUT2D eigenvalue weighted by molar-refractivity contribution is 6.37. The first-order valence-electron chi connectivity index (χ1n) is 8.39. The zero-order valence-corrected chi connectivity index (χ0v) is 16.4. The zero-order valence-electron chi connectivity index (χ0n) is 14.1. The summed E-state index contributed by atoms with van der Waals surface area (Å²) < 4.78 is 5.17. The van der Waals surface area contributed by atoms with Crippen LogP contribution in [0.4, 0.5) is 11.4 Å². The molecule has 25 heavy (non-hydrogen) atoms. The van der Waals surface area contributed by atoms with E-state index < -0.39 is 0 Å². The minimum absolute atomic E-state index is 0.501. The number of halogens is 3. The lowest BCUT2D eigenvalue weighted by molar-refractivity contribution is 0.415. The fourth-order valence-corrected chi connectivity index (χ4v) is 4.11. The van der Waals surface area contributed by atoms with Crippen molar-refractivity contribution < 1.29 is 4.74 Å². The molecule has 1 aliphatic heterocycles. The highest BCUT2D eigenvalue weighted by atomic mass is 35.5. The molecular formula is C19H21Cl3N2O. The molecule has 2 aromatic carbocycles. The molecule has 1 fully saturated rings. The summed E-state index contributed by atoms with van der Waals surface area (Å²) in [6.07, 6.45) is 3.77. The molecule has 134 valence electrons. The van der Waals surface area contributed by atoms with Crippen molar-refractivity contribution in [1.82, 2.24) is 0 Å². The van der Waals surface area contributed by atoms with Gasteiger partial charge in [-0.1, -0.05) is 34.8 Å². The molecule has 2 aromatic rings. The normalized spacial score (nSPS) is 14.5. The summed E-state index contributed by atoms with van der Waals surface area (Å²) in [5.74, 6) is 0.501. The summed E-state index contributed by atoms with van der Waals surface area (Å²) >= 11 is 18.9. The van der Waals surface area contributed by atoms with Gasteiger partial charge in [0.05, 0.1) is 27.9 Å². The van der Waals surface area contributed by atoms with Gasteiger partial charge >= 0.3 is 0 Å². The van der Waals surface area contributed by atoms with Crippen molar-refractivity contribution in [3.05, 3.63) is 51.0 Å². The molecule has 0 radical (unpaired) electrons. The number of methoxy groups -OCH3 is 1. The molecule has 0 bridgehead atoms. The first kappa shape index (κ1) is 18.5. The Bertz CT molecular complexity index is 722. The second-order valence-corrected chi connectivity index (χ2v) is 7.38. The van der Waals surface area contributed by atoms with E-state index in [2.05, 4.69) is 22.3 Å². The average Bonchev–Trinajstić information content (AvgIpc) is 2.60. The second kappa shape index (κ2) is 8.39. The number of hydrogen-bond acceptors (Lipinski definition) is 3. The van der Waals surface area contributed by atoms with E-state index in [0.29, 0.717) is 22.3 Å². The van der Waals surface area contributed by atoms with Crippen molar-refractivity contribution in [2.75, 3.05) is 30.4 Å². The lowest BCUT2D eigenvalue weighted by Gasteiger charge is -2.29. The molecule has 0 aromatic heterocycles. The van der Waals surface area contributed by atoms with Gasteiger partial charge in [-0.3, -0.25) is 0 Å². The summed E-state index contributed by atoms with van der Waals surface area (Å²) in [4.78, 5) is 2.36. The predicted molar refractivity (Wildman–Crippen MR) is 108 cm³/mol. The van der Waals surface area contributed by atoms with E-state index in [0.717, 1.165) is 35.1 Å². The molecule has 0 spiro atoms. The number of ether oxygens (including phenoxy) is 1. The summed E-state index contributed by atoms with van der Waals surface area (Å²) in [5, 5.41) is 5.15. The molecular weight excluding hydrogens is 379 g/mol. The molecule has 1 heterocycles. The van der Waals surface area contributed by atoms with E-state index in [9.17, 15) is 0 Å². The van der Waals surface area contributed by atoms with E-state index in [1.807, 2.05) is 18.2 Å². The average molecular weight is 400 g/mol. The molecule has 0 saturated carbocycles. The van der Waals surface area contributed by atoms with Crippen LogP contribution in [0.3, 0.4) is 0 Å². The molecule has 0 unspecified atom stereocenters. The van der Waals surface area contributed by atoms with Crippen molar-refractivity contribution in [1.29, 1.82) is 0 Å². The minimum atomic E-state index is 0.501. The van der Waals surface area contributed by atoms with E-state index in [1.54, 1.807) is 7.11 Å². The number of hydrogen-bond donors (Lipinski definition) is 1. The third kappa shape index (κ3) is 4.46. The zero-order chi connectivity index (χ0) is 17.8. The maximum Gasteiger partial charge on any atom is 0.156 e. The number of rotatable bonds is 5. The molecule has 3 nitrogen and oxygen atoms in total. The van der Waals surface area contributed by atoms with Crippen LogP contribution in [0.1, 0.15) is 24.8 Å². The van der Waals surface area contributed by atoms with Crippen molar-refractivity contribution in [3.63, 3.8) is 0 Å². The maximum atomic E-state index is 6.49. The number of nitrogens with zero attached hydrogens (tertiary/aromatic N) is 1. The summed E-state index contributed by atoms with van der Waals surface area (Å²) in [7, 11) is 1.55. The fourth-order valence-electron chi connectivity index (χ4n) is 3.12. The molecule has 1 saturated heterocycles. The van der Waals surface area contributed by atoms with Crippen molar-refractivity contribution in [3.8, 4) is 5.75 Å². The highest BCUT2D eigenvalue weighted by Crippen LogP contribution is 2.34. The van der Waals surface area contributed by atoms with Crippen molar-refractivity contribution in [2.45, 2.75) is 25.8 Å². The molecule has 3 rings (SSSR count). The number of nitrogens with one attached hydrogen (secondary N) is 1. The van der Waals surface area contributed by atoms with Crippen LogP contribution in [-0.4, -0.2) is 20.2 Å². The molecule has 6 heteroatoms. The largest absolute Gasteiger partial charge is 0.494 e. The first-order valence-corrected chi connectivity index (χ1v) is 9.52. The summed E-state index contributed by atoms with van der Waals surface area (Å²) in [6.45, 7) is 2.76. The Balaban J connectivity index is 1.68. The van der Waals surface area contributed by atoms with E-state index >= 15 is 0 Å². The summed E-state index contributed by atoms with van der Waals surface area (Å²) in [5.41, 5.74) is 3.06. The smallest absolute Gasteiger partial charge is 0.156 e. The number of benzene rings is 2. The van der Waals surface area contributed by atoms with Crippen LogP contribution in [0.5, 0.6) is 5.75 Å². The van der Waals surface area contributed by atoms with E-state index in [1.165, 1.54) is 19.3 Å². The van der Waals surface area contributed by atoms with Gasteiger partial charge in [0.25, 0.3) is 0 Å². The van der Waals surface area contributed by atoms with Crippen LogP contribution in [0, 0.1) is 0 Å². The first-order chi connectivity index (χ1) is 12.1. The van der Waals surface area contributed by atoms with Gasteiger partial charge in [0.2, 0.25) is 0 Å². The second-order valence-electron chi connectivity index (χ2n) is 6.16. The maximum absolute atomic E-state index is 6.49. The number of piperidine rings is 1. The van der Waals surface area contributed by atoms with Gasteiger partial charge in [-0.05, 0) is 55.2 Å². The van der Waals surface area contributed by atoms with E-state index in [-0.39, 0.29) is 0 Å². The Morgan fingerprint density at radius 1 is 0.960 bits per heavy atom. The van der Waals surface area contributed by atoms with Gasteiger partial charge in [-0.25, -0.2) is 0 Å². The van der Waals surface area contributed by atoms with Gasteiger partial charge < -0.3 is 15.0 Å². The number of anilines is 2. The third-order valence-electron chi connectivity index (χ3n) is 4.40. The van der Waals surface area contributed by atoms with Crippen LogP contribution < -0.4 is 15.0 Å². The standard InChI is InChI=1S/C19H21Cl3N2O/c1-25-19-16(21)9-13(10-17(19)22)12-23-14-5-6-18(15(20)11-14)24-7-3-2-4-8-24/h5-6,9-11,23H,2-4,7-8,12H2,1H3. The summed E-state index contributed by atoms with van der Waals surface area (Å²) in [6, 6.07) is 9.82. The van der Waals surface area contributed by atoms with Crippen LogP contribution in [-0.2, 0) is 6.54 Å². The Kier molecular flexibility index (Phi) is 6.21. The fraction of sp³-hybridized carbons (Fsp3) is 0.368. The van der Waals surface area contributed by atoms with Gasteiger partial charge in [-0.15, -0.1) is 0 Å². The molecule has 1 N–H and O–H groups in total. The Hall–Kier alpha value is -1.29. The van der Waals surface area contributed by atoms with Gasteiger partial charge in [0, 0.05) is 25.3 Å². The molecule has 1 aliphatic rings. The molecule has 0 aliphatic carbocycles. The topological polar surface area (TPSA) is 24.5 Å². The minimum Gasteiger partial charge on any atom is -0.494 e. The predicted octanol–water partition coefficient (Wildman–Crippen LogP) is 6.26.